The van der Waals surface area contributed by atoms with Crippen molar-refractivity contribution in [1.82, 2.24) is 4.90 Å². The van der Waals surface area contributed by atoms with Crippen molar-refractivity contribution in [3.05, 3.63) is 71.8 Å². The van der Waals surface area contributed by atoms with E-state index in [1.807, 2.05) is 0 Å². The molecule has 0 aromatic heterocycles. The maximum Gasteiger partial charge on any atom is 0.0255 e. The Morgan fingerprint density at radius 2 is 1.45 bits per heavy atom. The molecule has 0 spiro atoms. The molecule has 2 rings (SSSR count). The van der Waals surface area contributed by atoms with E-state index < -0.39 is 0 Å². The highest BCUT2D eigenvalue weighted by Crippen LogP contribution is 2.08. The molecule has 2 heteroatoms. The Labute approximate surface area is 122 Å². The third-order valence-corrected chi connectivity index (χ3v) is 3.81. The summed E-state index contributed by atoms with van der Waals surface area (Å²) in [5.74, 6) is 0. The van der Waals surface area contributed by atoms with E-state index in [2.05, 4.69) is 72.6 Å². The Balaban J connectivity index is 1.87. The second kappa shape index (κ2) is 7.83. The van der Waals surface area contributed by atoms with Crippen LogP contribution >= 0.6 is 0 Å². The van der Waals surface area contributed by atoms with Crippen molar-refractivity contribution < 1.29 is 0 Å². The van der Waals surface area contributed by atoms with Gasteiger partial charge in [0.2, 0.25) is 0 Å². The molecule has 0 saturated carbocycles. The standard InChI is InChI=1S/C18H24N2/c1-20(13-12-16-8-4-2-5-9-16)18(15-19)14-17-10-6-3-7-11-17/h2-11,18H,12-15,19H2,1H3. The molecule has 20 heavy (non-hydrogen) atoms. The minimum Gasteiger partial charge on any atom is -0.329 e. The van der Waals surface area contributed by atoms with Crippen LogP contribution in [0.3, 0.4) is 0 Å². The van der Waals surface area contributed by atoms with Crippen molar-refractivity contribution in [2.45, 2.75) is 18.9 Å². The average Bonchev–Trinajstić information content (AvgIpc) is 2.52. The average molecular weight is 268 g/mol. The molecule has 0 radical (unpaired) electrons. The van der Waals surface area contributed by atoms with Crippen LogP contribution in [0.4, 0.5) is 0 Å². The van der Waals surface area contributed by atoms with E-state index in [9.17, 15) is 0 Å². The van der Waals surface area contributed by atoms with Crippen molar-refractivity contribution in [3.63, 3.8) is 0 Å². The Morgan fingerprint density at radius 3 is 2.00 bits per heavy atom. The van der Waals surface area contributed by atoms with Crippen molar-refractivity contribution in [2.75, 3.05) is 20.1 Å². The molecule has 0 aliphatic heterocycles. The fourth-order valence-corrected chi connectivity index (χ4v) is 2.44. The lowest BCUT2D eigenvalue weighted by molar-refractivity contribution is 0.248. The first kappa shape index (κ1) is 14.8. The lowest BCUT2D eigenvalue weighted by Gasteiger charge is -2.27. The predicted molar refractivity (Wildman–Crippen MR) is 85.8 cm³/mol. The first-order valence-corrected chi connectivity index (χ1v) is 7.27. The van der Waals surface area contributed by atoms with Crippen molar-refractivity contribution >= 4 is 0 Å². The molecule has 0 fully saturated rings. The zero-order chi connectivity index (χ0) is 14.2. The van der Waals surface area contributed by atoms with Gasteiger partial charge in [0.15, 0.2) is 0 Å². The van der Waals surface area contributed by atoms with Gasteiger partial charge in [0.05, 0.1) is 0 Å². The number of rotatable bonds is 7. The van der Waals surface area contributed by atoms with Crippen LogP contribution in [0.2, 0.25) is 0 Å². The van der Waals surface area contributed by atoms with E-state index in [0.29, 0.717) is 12.6 Å². The summed E-state index contributed by atoms with van der Waals surface area (Å²) in [6, 6.07) is 21.6. The monoisotopic (exact) mass is 268 g/mol. The second-order valence-electron chi connectivity index (χ2n) is 5.30. The summed E-state index contributed by atoms with van der Waals surface area (Å²) >= 11 is 0. The van der Waals surface area contributed by atoms with Crippen molar-refractivity contribution in [1.29, 1.82) is 0 Å². The highest BCUT2D eigenvalue weighted by molar-refractivity contribution is 5.17. The fraction of sp³-hybridized carbons (Fsp3) is 0.333. The zero-order valence-electron chi connectivity index (χ0n) is 12.2. The van der Waals surface area contributed by atoms with Gasteiger partial charge in [0.1, 0.15) is 0 Å². The fourth-order valence-electron chi connectivity index (χ4n) is 2.44. The summed E-state index contributed by atoms with van der Waals surface area (Å²) < 4.78 is 0. The van der Waals surface area contributed by atoms with Crippen LogP contribution in [0.5, 0.6) is 0 Å². The highest BCUT2D eigenvalue weighted by atomic mass is 15.1. The summed E-state index contributed by atoms with van der Waals surface area (Å²) in [7, 11) is 2.17. The van der Waals surface area contributed by atoms with Crippen LogP contribution in [-0.2, 0) is 12.8 Å². The molecule has 0 heterocycles. The van der Waals surface area contributed by atoms with E-state index in [4.69, 9.17) is 5.73 Å². The molecule has 1 atom stereocenters. The van der Waals surface area contributed by atoms with E-state index in [-0.39, 0.29) is 0 Å². The van der Waals surface area contributed by atoms with Crippen molar-refractivity contribution in [3.8, 4) is 0 Å². The van der Waals surface area contributed by atoms with Gasteiger partial charge in [0.25, 0.3) is 0 Å². The van der Waals surface area contributed by atoms with E-state index >= 15 is 0 Å². The van der Waals surface area contributed by atoms with Crippen LogP contribution in [0.25, 0.3) is 0 Å². The molecule has 2 aromatic rings. The van der Waals surface area contributed by atoms with Crippen LogP contribution in [0.15, 0.2) is 60.7 Å². The van der Waals surface area contributed by atoms with Gasteiger partial charge in [-0.15, -0.1) is 0 Å². The van der Waals surface area contributed by atoms with Gasteiger partial charge >= 0.3 is 0 Å². The molecule has 0 amide bonds. The Bertz CT molecular complexity index is 481. The normalized spacial score (nSPS) is 12.6. The summed E-state index contributed by atoms with van der Waals surface area (Å²) in [5, 5.41) is 0. The van der Waals surface area contributed by atoms with Crippen LogP contribution in [0, 0.1) is 0 Å². The third kappa shape index (κ3) is 4.48. The topological polar surface area (TPSA) is 29.3 Å². The van der Waals surface area contributed by atoms with Crippen molar-refractivity contribution in [2.24, 2.45) is 5.73 Å². The predicted octanol–water partition coefficient (Wildman–Crippen LogP) is 2.73. The lowest BCUT2D eigenvalue weighted by Crippen LogP contribution is -2.40. The molecule has 2 aromatic carbocycles. The molecule has 2 nitrogen and oxygen atoms in total. The molecule has 0 aliphatic carbocycles. The van der Waals surface area contributed by atoms with Gasteiger partial charge < -0.3 is 10.6 Å². The number of nitrogens with two attached hydrogens (primary N) is 1. The molecule has 106 valence electrons. The van der Waals surface area contributed by atoms with Crippen LogP contribution in [-0.4, -0.2) is 31.1 Å². The minimum absolute atomic E-state index is 0.404. The zero-order valence-corrected chi connectivity index (χ0v) is 12.2. The molecule has 0 saturated heterocycles. The van der Waals surface area contributed by atoms with Gasteiger partial charge in [-0.05, 0) is 31.0 Å². The second-order valence-corrected chi connectivity index (χ2v) is 5.30. The number of hydrogen-bond donors (Lipinski definition) is 1. The third-order valence-electron chi connectivity index (χ3n) is 3.81. The molecule has 1 unspecified atom stereocenters. The number of hydrogen-bond acceptors (Lipinski definition) is 2. The molecular formula is C18H24N2. The Kier molecular flexibility index (Phi) is 5.78. The van der Waals surface area contributed by atoms with Crippen LogP contribution in [0.1, 0.15) is 11.1 Å². The molecule has 2 N–H and O–H groups in total. The van der Waals surface area contributed by atoms with E-state index in [1.54, 1.807) is 0 Å². The van der Waals surface area contributed by atoms with E-state index in [1.165, 1.54) is 11.1 Å². The SMILES string of the molecule is CN(CCc1ccccc1)C(CN)Cc1ccccc1. The highest BCUT2D eigenvalue weighted by Gasteiger charge is 2.13. The number of nitrogens with zero attached hydrogens (tertiary/aromatic N) is 1. The Morgan fingerprint density at radius 1 is 0.900 bits per heavy atom. The molecule has 0 bridgehead atoms. The first-order chi connectivity index (χ1) is 9.79. The maximum absolute atomic E-state index is 5.95. The van der Waals surface area contributed by atoms with Gasteiger partial charge in [-0.3, -0.25) is 0 Å². The molecular weight excluding hydrogens is 244 g/mol. The van der Waals surface area contributed by atoms with E-state index in [0.717, 1.165) is 19.4 Å². The summed E-state index contributed by atoms with van der Waals surface area (Å²) in [5.41, 5.74) is 8.69. The number of benzene rings is 2. The minimum atomic E-state index is 0.404. The first-order valence-electron chi connectivity index (χ1n) is 7.27. The lowest BCUT2D eigenvalue weighted by atomic mass is 10.0. The van der Waals surface area contributed by atoms with Gasteiger partial charge in [-0.1, -0.05) is 60.7 Å². The Hall–Kier alpha value is -1.64. The summed E-state index contributed by atoms with van der Waals surface area (Å²) in [4.78, 5) is 2.38. The maximum atomic E-state index is 5.95. The summed E-state index contributed by atoms with van der Waals surface area (Å²) in [6.07, 6.45) is 2.09. The quantitative estimate of drug-likeness (QED) is 0.836. The molecule has 0 aliphatic rings. The largest absolute Gasteiger partial charge is 0.329 e. The van der Waals surface area contributed by atoms with Gasteiger partial charge in [-0.25, -0.2) is 0 Å². The van der Waals surface area contributed by atoms with Gasteiger partial charge in [0, 0.05) is 19.1 Å². The van der Waals surface area contributed by atoms with Gasteiger partial charge in [-0.2, -0.15) is 0 Å². The summed E-state index contributed by atoms with van der Waals surface area (Å²) in [6.45, 7) is 1.74. The number of likely N-dealkylation sites (N-methyl/N-ethyl adjacent to an activating group) is 1. The van der Waals surface area contributed by atoms with Crippen LogP contribution < -0.4 is 5.73 Å². The smallest absolute Gasteiger partial charge is 0.0255 e.